The standard InChI is InChI=1S/C19H17NO2S/c21-19(22)20-18-17(12-15-9-5-2-6-10-15)16(13-23-18)11-14-7-3-1-4-8-14/h1-10,13,20H,11-12H2,(H,21,22). The van der Waals surface area contributed by atoms with E-state index in [9.17, 15) is 4.79 Å². The minimum Gasteiger partial charge on any atom is -0.465 e. The molecule has 0 fully saturated rings. The fourth-order valence-corrected chi connectivity index (χ4v) is 3.56. The zero-order valence-corrected chi connectivity index (χ0v) is 13.3. The molecule has 0 unspecified atom stereocenters. The third kappa shape index (κ3) is 3.99. The SMILES string of the molecule is O=C(O)Nc1scc(Cc2ccccc2)c1Cc1ccccc1. The molecule has 1 amide bonds. The van der Waals surface area contributed by atoms with E-state index < -0.39 is 6.09 Å². The molecule has 116 valence electrons. The van der Waals surface area contributed by atoms with Crippen LogP contribution in [0.25, 0.3) is 0 Å². The lowest BCUT2D eigenvalue weighted by Gasteiger charge is -2.08. The summed E-state index contributed by atoms with van der Waals surface area (Å²) in [6, 6.07) is 20.3. The van der Waals surface area contributed by atoms with Gasteiger partial charge in [0.15, 0.2) is 0 Å². The monoisotopic (exact) mass is 323 g/mol. The third-order valence-electron chi connectivity index (χ3n) is 3.66. The number of carboxylic acid groups (broad SMARTS) is 1. The summed E-state index contributed by atoms with van der Waals surface area (Å²) in [5.74, 6) is 0. The van der Waals surface area contributed by atoms with Crippen LogP contribution in [0.3, 0.4) is 0 Å². The van der Waals surface area contributed by atoms with Crippen LogP contribution in [0.2, 0.25) is 0 Å². The van der Waals surface area contributed by atoms with E-state index in [1.165, 1.54) is 28.0 Å². The smallest absolute Gasteiger partial charge is 0.409 e. The van der Waals surface area contributed by atoms with E-state index >= 15 is 0 Å². The number of amides is 1. The van der Waals surface area contributed by atoms with Crippen molar-refractivity contribution in [2.45, 2.75) is 12.8 Å². The van der Waals surface area contributed by atoms with Gasteiger partial charge in [-0.25, -0.2) is 4.79 Å². The number of thiophene rings is 1. The van der Waals surface area contributed by atoms with E-state index in [0.29, 0.717) is 5.00 Å². The van der Waals surface area contributed by atoms with Gasteiger partial charge in [-0.05, 0) is 34.1 Å². The molecule has 3 aromatic rings. The third-order valence-corrected chi connectivity index (χ3v) is 4.65. The molecule has 1 heterocycles. The van der Waals surface area contributed by atoms with E-state index in [0.717, 1.165) is 18.4 Å². The number of hydrogen-bond acceptors (Lipinski definition) is 2. The largest absolute Gasteiger partial charge is 0.465 e. The summed E-state index contributed by atoms with van der Waals surface area (Å²) >= 11 is 1.45. The molecular weight excluding hydrogens is 306 g/mol. The van der Waals surface area contributed by atoms with Crippen LogP contribution >= 0.6 is 11.3 Å². The summed E-state index contributed by atoms with van der Waals surface area (Å²) in [7, 11) is 0. The zero-order valence-electron chi connectivity index (χ0n) is 12.5. The van der Waals surface area contributed by atoms with Crippen molar-refractivity contribution in [3.05, 3.63) is 88.3 Å². The molecule has 0 aliphatic heterocycles. The summed E-state index contributed by atoms with van der Waals surface area (Å²) in [6.45, 7) is 0. The molecule has 2 aromatic carbocycles. The van der Waals surface area contributed by atoms with Gasteiger partial charge in [-0.2, -0.15) is 0 Å². The molecular formula is C19H17NO2S. The predicted molar refractivity (Wildman–Crippen MR) is 94.5 cm³/mol. The second-order valence-electron chi connectivity index (χ2n) is 5.32. The van der Waals surface area contributed by atoms with Gasteiger partial charge in [0.05, 0.1) is 0 Å². The van der Waals surface area contributed by atoms with Gasteiger partial charge >= 0.3 is 6.09 Å². The van der Waals surface area contributed by atoms with Crippen LogP contribution in [-0.2, 0) is 12.8 Å². The normalized spacial score (nSPS) is 10.4. The quantitative estimate of drug-likeness (QED) is 0.692. The van der Waals surface area contributed by atoms with Crippen molar-refractivity contribution in [3.8, 4) is 0 Å². The van der Waals surface area contributed by atoms with Crippen LogP contribution < -0.4 is 5.32 Å². The second-order valence-corrected chi connectivity index (χ2v) is 6.20. The van der Waals surface area contributed by atoms with Gasteiger partial charge < -0.3 is 5.11 Å². The number of hydrogen-bond donors (Lipinski definition) is 2. The van der Waals surface area contributed by atoms with E-state index in [1.807, 2.05) is 36.4 Å². The lowest BCUT2D eigenvalue weighted by atomic mass is 9.98. The Morgan fingerprint density at radius 3 is 2.04 bits per heavy atom. The Morgan fingerprint density at radius 2 is 1.48 bits per heavy atom. The highest BCUT2D eigenvalue weighted by molar-refractivity contribution is 7.14. The van der Waals surface area contributed by atoms with Gasteiger partial charge in [0.25, 0.3) is 0 Å². The Kier molecular flexibility index (Phi) is 4.74. The Balaban J connectivity index is 1.92. The lowest BCUT2D eigenvalue weighted by molar-refractivity contribution is 0.210. The average Bonchev–Trinajstić information content (AvgIpc) is 2.91. The number of carbonyl (C=O) groups is 1. The second kappa shape index (κ2) is 7.11. The molecule has 0 bridgehead atoms. The van der Waals surface area contributed by atoms with Crippen LogP contribution in [0.1, 0.15) is 22.3 Å². The highest BCUT2D eigenvalue weighted by atomic mass is 32.1. The Morgan fingerprint density at radius 1 is 0.913 bits per heavy atom. The minimum absolute atomic E-state index is 0.715. The van der Waals surface area contributed by atoms with Gasteiger partial charge in [0.2, 0.25) is 0 Å². The van der Waals surface area contributed by atoms with E-state index in [-0.39, 0.29) is 0 Å². The fourth-order valence-electron chi connectivity index (χ4n) is 2.58. The van der Waals surface area contributed by atoms with Gasteiger partial charge in [0, 0.05) is 6.42 Å². The maximum atomic E-state index is 11.0. The van der Waals surface area contributed by atoms with E-state index in [2.05, 4.69) is 35.0 Å². The molecule has 2 N–H and O–H groups in total. The van der Waals surface area contributed by atoms with Crippen LogP contribution in [0.15, 0.2) is 66.0 Å². The summed E-state index contributed by atoms with van der Waals surface area (Å²) in [5.41, 5.74) is 4.64. The van der Waals surface area contributed by atoms with Gasteiger partial charge in [-0.1, -0.05) is 60.7 Å². The molecule has 0 spiro atoms. The topological polar surface area (TPSA) is 49.3 Å². The van der Waals surface area contributed by atoms with Crippen LogP contribution in [0.5, 0.6) is 0 Å². The summed E-state index contributed by atoms with van der Waals surface area (Å²) < 4.78 is 0. The molecule has 3 rings (SSSR count). The number of anilines is 1. The number of benzene rings is 2. The van der Waals surface area contributed by atoms with Crippen LogP contribution in [-0.4, -0.2) is 11.2 Å². The molecule has 0 aliphatic carbocycles. The molecule has 0 atom stereocenters. The molecule has 3 nitrogen and oxygen atoms in total. The highest BCUT2D eigenvalue weighted by Crippen LogP contribution is 2.32. The summed E-state index contributed by atoms with van der Waals surface area (Å²) in [6.07, 6.45) is 0.510. The van der Waals surface area contributed by atoms with Gasteiger partial charge in [0.1, 0.15) is 5.00 Å². The highest BCUT2D eigenvalue weighted by Gasteiger charge is 2.14. The zero-order chi connectivity index (χ0) is 16.1. The Hall–Kier alpha value is -2.59. The first kappa shape index (κ1) is 15.3. The van der Waals surface area contributed by atoms with Crippen molar-refractivity contribution >= 4 is 22.4 Å². The first-order valence-corrected chi connectivity index (χ1v) is 8.27. The van der Waals surface area contributed by atoms with E-state index in [1.54, 1.807) is 0 Å². The molecule has 0 radical (unpaired) electrons. The predicted octanol–water partition coefficient (Wildman–Crippen LogP) is 5.02. The minimum atomic E-state index is -1.02. The van der Waals surface area contributed by atoms with Crippen molar-refractivity contribution in [1.29, 1.82) is 0 Å². The molecule has 0 aliphatic rings. The first-order valence-electron chi connectivity index (χ1n) is 7.39. The van der Waals surface area contributed by atoms with Crippen molar-refractivity contribution in [3.63, 3.8) is 0 Å². The van der Waals surface area contributed by atoms with Crippen molar-refractivity contribution in [1.82, 2.24) is 0 Å². The molecule has 23 heavy (non-hydrogen) atoms. The Labute approximate surface area is 139 Å². The molecule has 0 saturated carbocycles. The molecule has 1 aromatic heterocycles. The number of nitrogens with one attached hydrogen (secondary N) is 1. The van der Waals surface area contributed by atoms with Gasteiger partial charge in [-0.3, -0.25) is 5.32 Å². The lowest BCUT2D eigenvalue weighted by Crippen LogP contribution is -2.08. The van der Waals surface area contributed by atoms with Crippen molar-refractivity contribution in [2.24, 2.45) is 0 Å². The summed E-state index contributed by atoms with van der Waals surface area (Å²) in [4.78, 5) is 11.0. The summed E-state index contributed by atoms with van der Waals surface area (Å²) in [5, 5.41) is 14.4. The maximum Gasteiger partial charge on any atom is 0.409 e. The van der Waals surface area contributed by atoms with Crippen LogP contribution in [0.4, 0.5) is 9.80 Å². The van der Waals surface area contributed by atoms with Crippen molar-refractivity contribution < 1.29 is 9.90 Å². The van der Waals surface area contributed by atoms with E-state index in [4.69, 9.17) is 5.11 Å². The first-order chi connectivity index (χ1) is 11.2. The number of rotatable bonds is 5. The maximum absolute atomic E-state index is 11.0. The Bertz CT molecular complexity index is 782. The van der Waals surface area contributed by atoms with Crippen molar-refractivity contribution in [2.75, 3.05) is 5.32 Å². The molecule has 4 heteroatoms. The molecule has 0 saturated heterocycles. The average molecular weight is 323 g/mol. The van der Waals surface area contributed by atoms with Crippen LogP contribution in [0, 0.1) is 0 Å². The van der Waals surface area contributed by atoms with Gasteiger partial charge in [-0.15, -0.1) is 11.3 Å². The fraction of sp³-hybridized carbons (Fsp3) is 0.105.